The van der Waals surface area contributed by atoms with E-state index in [9.17, 15) is 15.0 Å². The lowest BCUT2D eigenvalue weighted by Gasteiger charge is -2.14. The van der Waals surface area contributed by atoms with Gasteiger partial charge in [-0.25, -0.2) is 4.79 Å². The Kier molecular flexibility index (Phi) is 7.61. The third-order valence-electron chi connectivity index (χ3n) is 3.11. The summed E-state index contributed by atoms with van der Waals surface area (Å²) in [6.45, 7) is 4.92. The number of hydrogen-bond acceptors (Lipinski definition) is 3. The fourth-order valence-electron chi connectivity index (χ4n) is 2.06. The first-order chi connectivity index (χ1) is 9.97. The Morgan fingerprint density at radius 1 is 1.19 bits per heavy atom. The van der Waals surface area contributed by atoms with Gasteiger partial charge >= 0.3 is 6.03 Å². The monoisotopic (exact) mass is 294 g/mol. The van der Waals surface area contributed by atoms with Gasteiger partial charge < -0.3 is 20.8 Å². The summed E-state index contributed by atoms with van der Waals surface area (Å²) < 4.78 is 0. The number of phenolic OH excluding ortho intramolecular Hbond substituents is 1. The topological polar surface area (TPSA) is 81.6 Å². The number of aromatic hydroxyl groups is 1. The number of aliphatic hydroxyl groups excluding tert-OH is 1. The number of aryl methyl sites for hydroxylation is 1. The molecule has 0 aliphatic heterocycles. The highest BCUT2D eigenvalue weighted by molar-refractivity contribution is 5.73. The first kappa shape index (κ1) is 17.3. The lowest BCUT2D eigenvalue weighted by molar-refractivity contribution is 0.147. The van der Waals surface area contributed by atoms with Crippen molar-refractivity contribution in [2.24, 2.45) is 5.92 Å². The van der Waals surface area contributed by atoms with Gasteiger partial charge in [0.15, 0.2) is 0 Å². The van der Waals surface area contributed by atoms with Gasteiger partial charge in [0.1, 0.15) is 5.75 Å². The third kappa shape index (κ3) is 8.19. The van der Waals surface area contributed by atoms with Crippen LogP contribution < -0.4 is 10.6 Å². The molecule has 2 amide bonds. The normalized spacial score (nSPS) is 12.2. The number of urea groups is 1. The zero-order valence-corrected chi connectivity index (χ0v) is 12.8. The molecule has 118 valence electrons. The highest BCUT2D eigenvalue weighted by atomic mass is 16.3. The fraction of sp³-hybridized carbons (Fsp3) is 0.562. The molecule has 0 spiro atoms. The molecule has 5 nitrogen and oxygen atoms in total. The molecule has 0 saturated heterocycles. The van der Waals surface area contributed by atoms with Gasteiger partial charge in [-0.3, -0.25) is 0 Å². The molecule has 21 heavy (non-hydrogen) atoms. The molecule has 0 aromatic heterocycles. The second kappa shape index (κ2) is 9.23. The standard InChI is InChI=1S/C16H26N2O3/c1-12(2)10-15(20)11-18-16(21)17-9-3-4-13-5-7-14(19)8-6-13/h5-8,12,15,19-20H,3-4,9-11H2,1-2H3,(H2,17,18,21). The van der Waals surface area contributed by atoms with Crippen molar-refractivity contribution in [1.82, 2.24) is 10.6 Å². The van der Waals surface area contributed by atoms with Crippen molar-refractivity contribution in [3.63, 3.8) is 0 Å². The minimum Gasteiger partial charge on any atom is -0.508 e. The van der Waals surface area contributed by atoms with Crippen LogP contribution in [0.1, 0.15) is 32.3 Å². The first-order valence-corrected chi connectivity index (χ1v) is 7.45. The first-order valence-electron chi connectivity index (χ1n) is 7.45. The summed E-state index contributed by atoms with van der Waals surface area (Å²) in [6, 6.07) is 6.82. The van der Waals surface area contributed by atoms with Crippen LogP contribution >= 0.6 is 0 Å². The van der Waals surface area contributed by atoms with E-state index in [-0.39, 0.29) is 18.3 Å². The van der Waals surface area contributed by atoms with Crippen LogP contribution in [0.15, 0.2) is 24.3 Å². The van der Waals surface area contributed by atoms with E-state index in [1.165, 1.54) is 0 Å². The maximum Gasteiger partial charge on any atom is 0.314 e. The Labute approximate surface area is 126 Å². The summed E-state index contributed by atoms with van der Waals surface area (Å²) in [5.74, 6) is 0.673. The van der Waals surface area contributed by atoms with Gasteiger partial charge in [-0.2, -0.15) is 0 Å². The molecule has 0 heterocycles. The van der Waals surface area contributed by atoms with Gasteiger partial charge in [0.05, 0.1) is 6.10 Å². The molecule has 1 atom stereocenters. The SMILES string of the molecule is CC(C)CC(O)CNC(=O)NCCCc1ccc(O)cc1. The number of rotatable bonds is 8. The predicted octanol–water partition coefficient (Wildman–Crippen LogP) is 2.03. The summed E-state index contributed by atoms with van der Waals surface area (Å²) in [5.41, 5.74) is 1.13. The van der Waals surface area contributed by atoms with Crippen molar-refractivity contribution in [3.05, 3.63) is 29.8 Å². The summed E-state index contributed by atoms with van der Waals surface area (Å²) in [7, 11) is 0. The quantitative estimate of drug-likeness (QED) is 0.554. The molecule has 0 aliphatic rings. The minimum atomic E-state index is -0.493. The van der Waals surface area contributed by atoms with Gasteiger partial charge in [-0.1, -0.05) is 26.0 Å². The smallest absolute Gasteiger partial charge is 0.314 e. The number of nitrogens with one attached hydrogen (secondary N) is 2. The van der Waals surface area contributed by atoms with E-state index in [1.807, 2.05) is 26.0 Å². The van der Waals surface area contributed by atoms with Crippen molar-refractivity contribution in [2.75, 3.05) is 13.1 Å². The Bertz CT molecular complexity index is 418. The third-order valence-corrected chi connectivity index (χ3v) is 3.11. The van der Waals surface area contributed by atoms with E-state index >= 15 is 0 Å². The highest BCUT2D eigenvalue weighted by Gasteiger charge is 2.08. The molecule has 4 N–H and O–H groups in total. The molecule has 1 aromatic rings. The molecule has 1 aromatic carbocycles. The van der Waals surface area contributed by atoms with E-state index in [0.29, 0.717) is 18.9 Å². The number of phenols is 1. The van der Waals surface area contributed by atoms with Gasteiger partial charge in [0.2, 0.25) is 0 Å². The summed E-state index contributed by atoms with van der Waals surface area (Å²) >= 11 is 0. The van der Waals surface area contributed by atoms with Gasteiger partial charge in [0.25, 0.3) is 0 Å². The van der Waals surface area contributed by atoms with Crippen LogP contribution in [0.3, 0.4) is 0 Å². The highest BCUT2D eigenvalue weighted by Crippen LogP contribution is 2.10. The number of hydrogen-bond donors (Lipinski definition) is 4. The second-order valence-electron chi connectivity index (χ2n) is 5.69. The Morgan fingerprint density at radius 2 is 1.86 bits per heavy atom. The Morgan fingerprint density at radius 3 is 2.48 bits per heavy atom. The summed E-state index contributed by atoms with van der Waals surface area (Å²) in [6.07, 6.45) is 1.86. The van der Waals surface area contributed by atoms with Crippen LogP contribution in [0.4, 0.5) is 4.79 Å². The van der Waals surface area contributed by atoms with Crippen LogP contribution in [0.5, 0.6) is 5.75 Å². The fourth-order valence-corrected chi connectivity index (χ4v) is 2.06. The van der Waals surface area contributed by atoms with E-state index in [0.717, 1.165) is 18.4 Å². The van der Waals surface area contributed by atoms with Crippen molar-refractivity contribution < 1.29 is 15.0 Å². The molecule has 0 radical (unpaired) electrons. The largest absolute Gasteiger partial charge is 0.508 e. The number of carbonyl (C=O) groups is 1. The average molecular weight is 294 g/mol. The van der Waals surface area contributed by atoms with Crippen molar-refractivity contribution >= 4 is 6.03 Å². The molecular formula is C16H26N2O3. The van der Waals surface area contributed by atoms with Crippen LogP contribution in [0.2, 0.25) is 0 Å². The van der Waals surface area contributed by atoms with E-state index in [1.54, 1.807) is 12.1 Å². The number of amides is 2. The predicted molar refractivity (Wildman–Crippen MR) is 83.3 cm³/mol. The Balaban J connectivity index is 2.09. The van der Waals surface area contributed by atoms with Crippen LogP contribution in [0.25, 0.3) is 0 Å². The van der Waals surface area contributed by atoms with Gasteiger partial charge in [-0.05, 0) is 42.9 Å². The molecule has 0 bridgehead atoms. The number of aliphatic hydroxyl groups is 1. The zero-order chi connectivity index (χ0) is 15.7. The zero-order valence-electron chi connectivity index (χ0n) is 12.8. The molecule has 0 saturated carbocycles. The van der Waals surface area contributed by atoms with E-state index in [4.69, 9.17) is 0 Å². The van der Waals surface area contributed by atoms with Crippen LogP contribution in [0, 0.1) is 5.92 Å². The lowest BCUT2D eigenvalue weighted by Crippen LogP contribution is -2.40. The number of carbonyl (C=O) groups excluding carboxylic acids is 1. The maximum absolute atomic E-state index is 11.5. The minimum absolute atomic E-state index is 0.247. The molecule has 1 rings (SSSR count). The van der Waals surface area contributed by atoms with E-state index < -0.39 is 6.10 Å². The second-order valence-corrected chi connectivity index (χ2v) is 5.69. The van der Waals surface area contributed by atoms with Gasteiger partial charge in [-0.15, -0.1) is 0 Å². The van der Waals surface area contributed by atoms with Crippen molar-refractivity contribution in [2.45, 2.75) is 39.2 Å². The van der Waals surface area contributed by atoms with Crippen molar-refractivity contribution in [1.29, 1.82) is 0 Å². The molecule has 0 fully saturated rings. The van der Waals surface area contributed by atoms with Crippen molar-refractivity contribution in [3.8, 4) is 5.75 Å². The van der Waals surface area contributed by atoms with Crippen LogP contribution in [-0.4, -0.2) is 35.4 Å². The van der Waals surface area contributed by atoms with Crippen LogP contribution in [-0.2, 0) is 6.42 Å². The molecular weight excluding hydrogens is 268 g/mol. The Hall–Kier alpha value is -1.75. The molecule has 1 unspecified atom stereocenters. The van der Waals surface area contributed by atoms with E-state index in [2.05, 4.69) is 10.6 Å². The summed E-state index contributed by atoms with van der Waals surface area (Å²) in [4.78, 5) is 11.5. The summed E-state index contributed by atoms with van der Waals surface area (Å²) in [5, 5.41) is 24.2. The maximum atomic E-state index is 11.5. The molecule has 5 heteroatoms. The van der Waals surface area contributed by atoms with Gasteiger partial charge in [0, 0.05) is 13.1 Å². The average Bonchev–Trinajstić information content (AvgIpc) is 2.42. The number of benzene rings is 1. The lowest BCUT2D eigenvalue weighted by atomic mass is 10.1. The molecule has 0 aliphatic carbocycles.